The third kappa shape index (κ3) is 4.07. The molecule has 0 aliphatic carbocycles. The molecule has 172 valence electrons. The molecule has 32 heavy (non-hydrogen) atoms. The van der Waals surface area contributed by atoms with Crippen LogP contribution in [0.4, 0.5) is 0 Å². The molecule has 4 aliphatic heterocycles. The quantitative estimate of drug-likeness (QED) is 0.681. The van der Waals surface area contributed by atoms with Crippen molar-refractivity contribution in [1.29, 1.82) is 0 Å². The first-order valence-electron chi connectivity index (χ1n) is 11.9. The summed E-state index contributed by atoms with van der Waals surface area (Å²) in [7, 11) is 0. The van der Waals surface area contributed by atoms with Gasteiger partial charge in [0.2, 0.25) is 11.8 Å². The number of carbonyl (C=O) groups is 3. The van der Waals surface area contributed by atoms with Crippen molar-refractivity contribution in [2.45, 2.75) is 69.8 Å². The maximum atomic E-state index is 13.3. The lowest BCUT2D eigenvalue weighted by Crippen LogP contribution is -2.52. The number of ether oxygens (including phenoxy) is 1. The number of hydrogen-bond donors (Lipinski definition) is 2. The van der Waals surface area contributed by atoms with E-state index in [1.165, 1.54) is 0 Å². The molecular weight excluding hydrogens is 408 g/mol. The predicted octanol–water partition coefficient (Wildman–Crippen LogP) is 1.17. The minimum absolute atomic E-state index is 0.0958. The third-order valence-corrected chi connectivity index (χ3v) is 7.54. The van der Waals surface area contributed by atoms with E-state index < -0.39 is 6.04 Å². The molecule has 0 radical (unpaired) electrons. The fourth-order valence-corrected chi connectivity index (χ4v) is 5.81. The second kappa shape index (κ2) is 8.92. The van der Waals surface area contributed by atoms with Crippen molar-refractivity contribution in [2.75, 3.05) is 19.7 Å². The lowest BCUT2D eigenvalue weighted by Gasteiger charge is -2.40. The molecular formula is C24H32N4O4. The number of nitrogens with zero attached hydrogens (tertiary/aromatic N) is 2. The first-order chi connectivity index (χ1) is 15.5. The van der Waals surface area contributed by atoms with Crippen molar-refractivity contribution in [2.24, 2.45) is 11.7 Å². The molecule has 3 amide bonds. The van der Waals surface area contributed by atoms with Crippen LogP contribution in [0.15, 0.2) is 18.2 Å². The van der Waals surface area contributed by atoms with Gasteiger partial charge in [-0.05, 0) is 62.2 Å². The van der Waals surface area contributed by atoms with Gasteiger partial charge in [0.15, 0.2) is 0 Å². The molecule has 1 aromatic rings. The highest BCUT2D eigenvalue weighted by Gasteiger charge is 2.40. The first-order valence-corrected chi connectivity index (χ1v) is 11.9. The van der Waals surface area contributed by atoms with Crippen molar-refractivity contribution in [3.63, 3.8) is 0 Å². The Bertz CT molecular complexity index is 911. The zero-order chi connectivity index (χ0) is 22.2. The minimum atomic E-state index is -0.573. The van der Waals surface area contributed by atoms with Gasteiger partial charge in [-0.15, -0.1) is 0 Å². The van der Waals surface area contributed by atoms with Gasteiger partial charge in [-0.1, -0.05) is 18.2 Å². The SMILES string of the molecule is NC1CCCOC1C1CCN(Cc2cccc3c2C(=O)N(C2CCC(=O)NC2=O)C3)CC1. The number of carbonyl (C=O) groups excluding carboxylic acids is 3. The number of rotatable bonds is 4. The molecule has 0 aromatic heterocycles. The molecule has 4 heterocycles. The summed E-state index contributed by atoms with van der Waals surface area (Å²) in [6.45, 7) is 3.90. The van der Waals surface area contributed by atoms with E-state index in [1.807, 2.05) is 18.2 Å². The summed E-state index contributed by atoms with van der Waals surface area (Å²) in [5.74, 6) is -0.220. The van der Waals surface area contributed by atoms with Gasteiger partial charge in [0.1, 0.15) is 6.04 Å². The number of hydrogen-bond acceptors (Lipinski definition) is 6. The van der Waals surface area contributed by atoms with Gasteiger partial charge < -0.3 is 15.4 Å². The smallest absolute Gasteiger partial charge is 0.255 e. The van der Waals surface area contributed by atoms with Crippen molar-refractivity contribution in [3.05, 3.63) is 34.9 Å². The van der Waals surface area contributed by atoms with Gasteiger partial charge in [0, 0.05) is 37.7 Å². The summed E-state index contributed by atoms with van der Waals surface area (Å²) >= 11 is 0. The summed E-state index contributed by atoms with van der Waals surface area (Å²) in [5.41, 5.74) is 9.03. The van der Waals surface area contributed by atoms with Crippen LogP contribution < -0.4 is 11.1 Å². The van der Waals surface area contributed by atoms with Crippen molar-refractivity contribution in [3.8, 4) is 0 Å². The fourth-order valence-electron chi connectivity index (χ4n) is 5.81. The number of amides is 3. The zero-order valence-electron chi connectivity index (χ0n) is 18.4. The largest absolute Gasteiger partial charge is 0.376 e. The number of nitrogens with one attached hydrogen (secondary N) is 1. The molecule has 3 saturated heterocycles. The van der Waals surface area contributed by atoms with E-state index in [0.717, 1.165) is 68.6 Å². The zero-order valence-corrected chi connectivity index (χ0v) is 18.4. The first kappa shape index (κ1) is 21.6. The highest BCUT2D eigenvalue weighted by atomic mass is 16.5. The van der Waals surface area contributed by atoms with Gasteiger partial charge >= 0.3 is 0 Å². The Morgan fingerprint density at radius 3 is 2.66 bits per heavy atom. The average molecular weight is 441 g/mol. The molecule has 0 saturated carbocycles. The Labute approximate surface area is 188 Å². The minimum Gasteiger partial charge on any atom is -0.376 e. The molecule has 8 nitrogen and oxygen atoms in total. The number of fused-ring (bicyclic) bond motifs is 1. The van der Waals surface area contributed by atoms with Crippen LogP contribution in [0.2, 0.25) is 0 Å². The van der Waals surface area contributed by atoms with E-state index in [4.69, 9.17) is 10.5 Å². The molecule has 3 N–H and O–H groups in total. The second-order valence-corrected chi connectivity index (χ2v) is 9.61. The maximum absolute atomic E-state index is 13.3. The Kier molecular flexibility index (Phi) is 6.01. The summed E-state index contributed by atoms with van der Waals surface area (Å²) in [5, 5.41) is 2.37. The van der Waals surface area contributed by atoms with Crippen LogP contribution in [-0.2, 0) is 27.4 Å². The van der Waals surface area contributed by atoms with Gasteiger partial charge in [0.05, 0.1) is 6.10 Å². The number of nitrogens with two attached hydrogens (primary N) is 1. The maximum Gasteiger partial charge on any atom is 0.255 e. The highest BCUT2D eigenvalue weighted by Crippen LogP contribution is 2.32. The number of imide groups is 1. The summed E-state index contributed by atoms with van der Waals surface area (Å²) in [6, 6.07) is 5.56. The Morgan fingerprint density at radius 1 is 1.09 bits per heavy atom. The van der Waals surface area contributed by atoms with Gasteiger partial charge in [0.25, 0.3) is 5.91 Å². The van der Waals surface area contributed by atoms with Crippen LogP contribution in [0.5, 0.6) is 0 Å². The van der Waals surface area contributed by atoms with Crippen LogP contribution in [-0.4, -0.2) is 65.4 Å². The van der Waals surface area contributed by atoms with E-state index in [0.29, 0.717) is 18.9 Å². The van der Waals surface area contributed by atoms with Crippen LogP contribution >= 0.6 is 0 Å². The highest BCUT2D eigenvalue weighted by molar-refractivity contribution is 6.05. The summed E-state index contributed by atoms with van der Waals surface area (Å²) in [4.78, 5) is 41.1. The molecule has 4 aliphatic rings. The topological polar surface area (TPSA) is 105 Å². The van der Waals surface area contributed by atoms with E-state index >= 15 is 0 Å². The van der Waals surface area contributed by atoms with Crippen molar-refractivity contribution < 1.29 is 19.1 Å². The molecule has 3 fully saturated rings. The van der Waals surface area contributed by atoms with Crippen LogP contribution in [0, 0.1) is 5.92 Å². The number of likely N-dealkylation sites (tertiary alicyclic amines) is 1. The predicted molar refractivity (Wildman–Crippen MR) is 117 cm³/mol. The third-order valence-electron chi connectivity index (χ3n) is 7.54. The number of piperidine rings is 2. The van der Waals surface area contributed by atoms with Gasteiger partial charge in [-0.2, -0.15) is 0 Å². The second-order valence-electron chi connectivity index (χ2n) is 9.61. The molecule has 0 bridgehead atoms. The van der Waals surface area contributed by atoms with E-state index in [1.54, 1.807) is 4.90 Å². The average Bonchev–Trinajstić information content (AvgIpc) is 3.12. The lowest BCUT2D eigenvalue weighted by molar-refractivity contribution is -0.136. The van der Waals surface area contributed by atoms with Crippen molar-refractivity contribution in [1.82, 2.24) is 15.1 Å². The van der Waals surface area contributed by atoms with Crippen LogP contribution in [0.1, 0.15) is 60.0 Å². The van der Waals surface area contributed by atoms with Crippen LogP contribution in [0.3, 0.4) is 0 Å². The Balaban J connectivity index is 1.24. The Hall–Kier alpha value is -2.29. The van der Waals surface area contributed by atoms with E-state index in [9.17, 15) is 14.4 Å². The molecule has 0 spiro atoms. The normalized spacial score (nSPS) is 29.8. The van der Waals surface area contributed by atoms with Crippen molar-refractivity contribution >= 4 is 17.7 Å². The lowest BCUT2D eigenvalue weighted by atomic mass is 9.85. The molecule has 5 rings (SSSR count). The monoisotopic (exact) mass is 440 g/mol. The molecule has 1 aromatic carbocycles. The summed E-state index contributed by atoms with van der Waals surface area (Å²) < 4.78 is 6.00. The molecule has 3 unspecified atom stereocenters. The molecule has 3 atom stereocenters. The van der Waals surface area contributed by atoms with E-state index in [2.05, 4.69) is 10.2 Å². The fraction of sp³-hybridized carbons (Fsp3) is 0.625. The molecule has 8 heteroatoms. The standard InChI is InChI=1S/C24H32N4O4/c25-18-5-2-12-32-22(18)15-8-10-27(11-9-15)13-16-3-1-4-17-14-28(24(31)21(16)17)19-6-7-20(29)26-23(19)30/h1,3-4,15,18-19,22H,2,5-14,25H2,(H,26,29,30). The van der Waals surface area contributed by atoms with E-state index in [-0.39, 0.29) is 36.3 Å². The van der Waals surface area contributed by atoms with Crippen LogP contribution in [0.25, 0.3) is 0 Å². The summed E-state index contributed by atoms with van der Waals surface area (Å²) in [6.07, 6.45) is 5.06. The number of benzene rings is 1. The van der Waals surface area contributed by atoms with Gasteiger partial charge in [-0.3, -0.25) is 24.6 Å². The van der Waals surface area contributed by atoms with Gasteiger partial charge in [-0.25, -0.2) is 0 Å². The Morgan fingerprint density at radius 2 is 1.91 bits per heavy atom.